The van der Waals surface area contributed by atoms with E-state index >= 15 is 0 Å². The number of nitrogens with zero attached hydrogens (tertiary/aromatic N) is 2. The molecule has 6 nitrogen and oxygen atoms in total. The van der Waals surface area contributed by atoms with E-state index < -0.39 is 10.0 Å². The molecule has 1 N–H and O–H groups in total. The highest BCUT2D eigenvalue weighted by Crippen LogP contribution is 2.23. The lowest BCUT2D eigenvalue weighted by molar-refractivity contribution is 0.240. The lowest BCUT2D eigenvalue weighted by Gasteiger charge is -2.14. The monoisotopic (exact) mass is 413 g/mol. The van der Waals surface area contributed by atoms with Crippen molar-refractivity contribution in [2.24, 2.45) is 0 Å². The Morgan fingerprint density at radius 3 is 2.38 bits per heavy atom. The van der Waals surface area contributed by atoms with Crippen molar-refractivity contribution in [1.82, 2.24) is 14.5 Å². The predicted molar refractivity (Wildman–Crippen MR) is 114 cm³/mol. The molecule has 0 radical (unpaired) electrons. The zero-order valence-corrected chi connectivity index (χ0v) is 18.2. The Morgan fingerprint density at radius 1 is 1.07 bits per heavy atom. The minimum Gasteiger partial charge on any atom is -0.491 e. The topological polar surface area (TPSA) is 73.2 Å². The molecule has 1 aromatic heterocycles. The molecular weight excluding hydrogens is 386 g/mol. The van der Waals surface area contributed by atoms with Crippen LogP contribution in [0.1, 0.15) is 36.4 Å². The smallest absolute Gasteiger partial charge is 0.240 e. The van der Waals surface area contributed by atoms with Gasteiger partial charge in [-0.15, -0.1) is 0 Å². The Bertz CT molecular complexity index is 1100. The molecule has 1 heterocycles. The predicted octanol–water partition coefficient (Wildman–Crippen LogP) is 4.06. The Balaban J connectivity index is 1.81. The van der Waals surface area contributed by atoms with Crippen molar-refractivity contribution in [3.63, 3.8) is 0 Å². The number of benzene rings is 2. The van der Waals surface area contributed by atoms with Gasteiger partial charge >= 0.3 is 0 Å². The van der Waals surface area contributed by atoms with Gasteiger partial charge in [0.05, 0.1) is 22.4 Å². The molecule has 0 unspecified atom stereocenters. The van der Waals surface area contributed by atoms with Crippen molar-refractivity contribution in [3.05, 3.63) is 71.0 Å². The second-order valence-corrected chi connectivity index (χ2v) is 9.08. The SMILES string of the molecule is Cc1cc(S(=O)(=O)NCc2c(C)nn(-c3ccccc3)c2C)ccc1OC(C)C. The summed E-state index contributed by atoms with van der Waals surface area (Å²) >= 11 is 0. The molecule has 154 valence electrons. The molecule has 2 aromatic carbocycles. The molecule has 0 saturated heterocycles. The second kappa shape index (κ2) is 8.39. The van der Waals surface area contributed by atoms with Crippen LogP contribution in [0.25, 0.3) is 5.69 Å². The van der Waals surface area contributed by atoms with E-state index in [4.69, 9.17) is 4.74 Å². The molecule has 0 fully saturated rings. The van der Waals surface area contributed by atoms with E-state index in [-0.39, 0.29) is 17.5 Å². The zero-order chi connectivity index (χ0) is 21.2. The van der Waals surface area contributed by atoms with E-state index in [1.165, 1.54) is 0 Å². The summed E-state index contributed by atoms with van der Waals surface area (Å²) < 4.78 is 35.9. The highest BCUT2D eigenvalue weighted by atomic mass is 32.2. The molecular formula is C22H27N3O3S. The van der Waals surface area contributed by atoms with Gasteiger partial charge in [-0.2, -0.15) is 5.10 Å². The molecule has 3 aromatic rings. The molecule has 0 atom stereocenters. The summed E-state index contributed by atoms with van der Waals surface area (Å²) in [5.74, 6) is 0.690. The maximum atomic E-state index is 12.8. The lowest BCUT2D eigenvalue weighted by atomic mass is 10.2. The molecule has 0 aliphatic heterocycles. The van der Waals surface area contributed by atoms with Crippen molar-refractivity contribution in [3.8, 4) is 11.4 Å². The maximum Gasteiger partial charge on any atom is 0.240 e. The summed E-state index contributed by atoms with van der Waals surface area (Å²) in [6.07, 6.45) is 0.0291. The first-order valence-corrected chi connectivity index (χ1v) is 11.0. The molecule has 7 heteroatoms. The van der Waals surface area contributed by atoms with E-state index in [2.05, 4.69) is 9.82 Å². The Hall–Kier alpha value is -2.64. The fraction of sp³-hybridized carbons (Fsp3) is 0.318. The van der Waals surface area contributed by atoms with Gasteiger partial charge in [-0.1, -0.05) is 18.2 Å². The summed E-state index contributed by atoms with van der Waals surface area (Å²) in [6, 6.07) is 14.7. The third-order valence-corrected chi connectivity index (χ3v) is 6.10. The van der Waals surface area contributed by atoms with Gasteiger partial charge in [0.15, 0.2) is 0 Å². The van der Waals surface area contributed by atoms with Crippen molar-refractivity contribution < 1.29 is 13.2 Å². The van der Waals surface area contributed by atoms with E-state index in [9.17, 15) is 8.42 Å². The molecule has 29 heavy (non-hydrogen) atoms. The second-order valence-electron chi connectivity index (χ2n) is 7.32. The van der Waals surface area contributed by atoms with Crippen molar-refractivity contribution >= 4 is 10.0 Å². The fourth-order valence-corrected chi connectivity index (χ4v) is 4.26. The molecule has 0 spiro atoms. The van der Waals surface area contributed by atoms with E-state index in [0.29, 0.717) is 5.75 Å². The van der Waals surface area contributed by atoms with Gasteiger partial charge in [0.1, 0.15) is 5.75 Å². The van der Waals surface area contributed by atoms with Gasteiger partial charge in [0.2, 0.25) is 10.0 Å². The van der Waals surface area contributed by atoms with E-state index in [0.717, 1.165) is 28.2 Å². The van der Waals surface area contributed by atoms with Crippen LogP contribution in [0.2, 0.25) is 0 Å². The molecule has 0 saturated carbocycles. The number of para-hydroxylation sites is 1. The first-order chi connectivity index (χ1) is 13.7. The van der Waals surface area contributed by atoms with Crippen LogP contribution < -0.4 is 9.46 Å². The summed E-state index contributed by atoms with van der Waals surface area (Å²) in [7, 11) is -3.66. The Morgan fingerprint density at radius 2 is 1.76 bits per heavy atom. The summed E-state index contributed by atoms with van der Waals surface area (Å²) in [6.45, 7) is 9.72. The van der Waals surface area contributed by atoms with Gasteiger partial charge < -0.3 is 4.74 Å². The number of nitrogens with one attached hydrogen (secondary N) is 1. The van der Waals surface area contributed by atoms with Crippen LogP contribution >= 0.6 is 0 Å². The third-order valence-electron chi connectivity index (χ3n) is 4.70. The van der Waals surface area contributed by atoms with Crippen LogP contribution in [0.15, 0.2) is 53.4 Å². The average molecular weight is 414 g/mol. The number of aryl methyl sites for hydroxylation is 2. The van der Waals surface area contributed by atoms with Gasteiger partial charge in [-0.05, 0) is 70.5 Å². The Labute approximate surface area is 172 Å². The summed E-state index contributed by atoms with van der Waals surface area (Å²) in [4.78, 5) is 0.219. The summed E-state index contributed by atoms with van der Waals surface area (Å²) in [5, 5.41) is 4.57. The van der Waals surface area contributed by atoms with Crippen LogP contribution in [0.4, 0.5) is 0 Å². The number of rotatable bonds is 7. The van der Waals surface area contributed by atoms with Gasteiger partial charge in [-0.25, -0.2) is 17.8 Å². The Kier molecular flexibility index (Phi) is 6.10. The third kappa shape index (κ3) is 4.68. The average Bonchev–Trinajstić information content (AvgIpc) is 2.96. The van der Waals surface area contributed by atoms with Crippen LogP contribution in [0.5, 0.6) is 5.75 Å². The highest BCUT2D eigenvalue weighted by Gasteiger charge is 2.19. The maximum absolute atomic E-state index is 12.8. The van der Waals surface area contributed by atoms with Gasteiger partial charge in [0.25, 0.3) is 0 Å². The van der Waals surface area contributed by atoms with Crippen LogP contribution in [-0.2, 0) is 16.6 Å². The van der Waals surface area contributed by atoms with Gasteiger partial charge in [0, 0.05) is 17.8 Å². The fourth-order valence-electron chi connectivity index (χ4n) is 3.18. The normalized spacial score (nSPS) is 11.8. The highest BCUT2D eigenvalue weighted by molar-refractivity contribution is 7.89. The van der Waals surface area contributed by atoms with Gasteiger partial charge in [-0.3, -0.25) is 0 Å². The number of aromatic nitrogens is 2. The zero-order valence-electron chi connectivity index (χ0n) is 17.4. The van der Waals surface area contributed by atoms with E-state index in [1.54, 1.807) is 18.2 Å². The minimum atomic E-state index is -3.66. The largest absolute Gasteiger partial charge is 0.491 e. The van der Waals surface area contributed by atoms with Crippen molar-refractivity contribution in [2.75, 3.05) is 0 Å². The number of sulfonamides is 1. The van der Waals surface area contributed by atoms with Crippen LogP contribution in [0, 0.1) is 20.8 Å². The van der Waals surface area contributed by atoms with Crippen molar-refractivity contribution in [1.29, 1.82) is 0 Å². The molecule has 0 aliphatic rings. The number of hydrogen-bond acceptors (Lipinski definition) is 4. The molecule has 0 amide bonds. The van der Waals surface area contributed by atoms with Crippen LogP contribution in [0.3, 0.4) is 0 Å². The first-order valence-electron chi connectivity index (χ1n) is 9.56. The lowest BCUT2D eigenvalue weighted by Crippen LogP contribution is -2.24. The quantitative estimate of drug-likeness (QED) is 0.634. The number of hydrogen-bond donors (Lipinski definition) is 1. The molecule has 3 rings (SSSR count). The van der Waals surface area contributed by atoms with Crippen molar-refractivity contribution in [2.45, 2.75) is 52.2 Å². The minimum absolute atomic E-state index is 0.0291. The molecule has 0 aliphatic carbocycles. The van der Waals surface area contributed by atoms with E-state index in [1.807, 2.05) is 69.6 Å². The first kappa shape index (κ1) is 21.1. The number of ether oxygens (including phenoxy) is 1. The summed E-state index contributed by atoms with van der Waals surface area (Å²) in [5.41, 5.74) is 4.30. The van der Waals surface area contributed by atoms with Crippen LogP contribution in [-0.4, -0.2) is 24.3 Å². The standard InChI is InChI=1S/C22H27N3O3S/c1-15(2)28-22-12-11-20(13-16(22)3)29(26,27)23-14-21-17(4)24-25(18(21)5)19-9-7-6-8-10-19/h6-13,15,23H,14H2,1-5H3. The molecule has 0 bridgehead atoms.